The average Bonchev–Trinajstić information content (AvgIpc) is 3.32. The van der Waals surface area contributed by atoms with Gasteiger partial charge in [-0.25, -0.2) is 4.68 Å². The standard InChI is InChI=1S/C18H21N5OS2/c1-13(2)23-18(20-21-22-23)26-12-10-16(24)19-17(15-9-6-11-25-15)14-7-4-3-5-8-14/h3-9,11,13,17H,10,12H2,1-2H3,(H,19,24)/t17-/m0/s1. The first-order valence-electron chi connectivity index (χ1n) is 8.43. The van der Waals surface area contributed by atoms with Crippen LogP contribution < -0.4 is 5.32 Å². The van der Waals surface area contributed by atoms with Crippen LogP contribution in [0.3, 0.4) is 0 Å². The second-order valence-electron chi connectivity index (χ2n) is 6.02. The van der Waals surface area contributed by atoms with Gasteiger partial charge in [0.2, 0.25) is 11.1 Å². The molecule has 0 fully saturated rings. The van der Waals surface area contributed by atoms with Crippen molar-refractivity contribution >= 4 is 29.0 Å². The maximum Gasteiger partial charge on any atom is 0.221 e. The summed E-state index contributed by atoms with van der Waals surface area (Å²) >= 11 is 3.14. The van der Waals surface area contributed by atoms with E-state index in [1.54, 1.807) is 16.0 Å². The molecule has 0 aliphatic heterocycles. The molecule has 3 rings (SSSR count). The molecule has 8 heteroatoms. The summed E-state index contributed by atoms with van der Waals surface area (Å²) in [5.74, 6) is 0.647. The Morgan fingerprint density at radius 3 is 2.73 bits per heavy atom. The first-order valence-corrected chi connectivity index (χ1v) is 10.3. The number of aromatic nitrogens is 4. The fourth-order valence-corrected chi connectivity index (χ4v) is 4.24. The fourth-order valence-electron chi connectivity index (χ4n) is 2.49. The van der Waals surface area contributed by atoms with Crippen molar-refractivity contribution in [2.75, 3.05) is 5.75 Å². The summed E-state index contributed by atoms with van der Waals surface area (Å²) in [4.78, 5) is 13.6. The van der Waals surface area contributed by atoms with E-state index in [1.165, 1.54) is 11.8 Å². The number of tetrazole rings is 1. The topological polar surface area (TPSA) is 72.7 Å². The molecule has 0 radical (unpaired) electrons. The van der Waals surface area contributed by atoms with Gasteiger partial charge >= 0.3 is 0 Å². The molecule has 0 aliphatic carbocycles. The lowest BCUT2D eigenvalue weighted by atomic mass is 10.1. The maximum absolute atomic E-state index is 12.5. The lowest BCUT2D eigenvalue weighted by molar-refractivity contribution is -0.121. The van der Waals surface area contributed by atoms with E-state index in [-0.39, 0.29) is 18.0 Å². The Kier molecular flexibility index (Phi) is 6.40. The Hall–Kier alpha value is -2.19. The van der Waals surface area contributed by atoms with E-state index in [0.717, 1.165) is 15.6 Å². The van der Waals surface area contributed by atoms with E-state index >= 15 is 0 Å². The predicted octanol–water partition coefficient (Wildman–Crippen LogP) is 3.70. The van der Waals surface area contributed by atoms with Crippen LogP contribution in [-0.4, -0.2) is 31.9 Å². The minimum absolute atomic E-state index is 0.0170. The van der Waals surface area contributed by atoms with Gasteiger partial charge in [-0.3, -0.25) is 4.79 Å². The molecule has 1 amide bonds. The molecule has 2 heterocycles. The molecule has 3 aromatic rings. The van der Waals surface area contributed by atoms with Gasteiger partial charge in [-0.2, -0.15) is 0 Å². The third-order valence-electron chi connectivity index (χ3n) is 3.78. The largest absolute Gasteiger partial charge is 0.344 e. The van der Waals surface area contributed by atoms with Gasteiger partial charge in [-0.15, -0.1) is 16.4 Å². The summed E-state index contributed by atoms with van der Waals surface area (Å²) in [6, 6.07) is 14.2. The summed E-state index contributed by atoms with van der Waals surface area (Å²) in [5, 5.41) is 17.6. The van der Waals surface area contributed by atoms with Gasteiger partial charge in [0.25, 0.3) is 0 Å². The SMILES string of the molecule is CC(C)n1nnnc1SCCC(=O)N[C@@H](c1ccccc1)c1cccs1. The molecular weight excluding hydrogens is 366 g/mol. The highest BCUT2D eigenvalue weighted by molar-refractivity contribution is 7.99. The fraction of sp³-hybridized carbons (Fsp3) is 0.333. The molecule has 0 saturated carbocycles. The molecular formula is C18H21N5OS2. The van der Waals surface area contributed by atoms with E-state index < -0.39 is 0 Å². The van der Waals surface area contributed by atoms with E-state index in [2.05, 4.69) is 20.8 Å². The lowest BCUT2D eigenvalue weighted by Gasteiger charge is -2.18. The summed E-state index contributed by atoms with van der Waals surface area (Å²) < 4.78 is 1.76. The van der Waals surface area contributed by atoms with Crippen LogP contribution in [0.15, 0.2) is 53.0 Å². The number of rotatable bonds is 8. The van der Waals surface area contributed by atoms with Crippen LogP contribution in [0.25, 0.3) is 0 Å². The monoisotopic (exact) mass is 387 g/mol. The molecule has 1 atom stereocenters. The number of thiophene rings is 1. The van der Waals surface area contributed by atoms with Gasteiger partial charge in [0.05, 0.1) is 12.1 Å². The van der Waals surface area contributed by atoms with E-state index in [9.17, 15) is 4.79 Å². The summed E-state index contributed by atoms with van der Waals surface area (Å²) in [5.41, 5.74) is 1.08. The van der Waals surface area contributed by atoms with E-state index in [1.807, 2.05) is 61.7 Å². The average molecular weight is 388 g/mol. The van der Waals surface area contributed by atoms with E-state index in [0.29, 0.717) is 12.2 Å². The molecule has 0 aliphatic rings. The number of benzene rings is 1. The Bertz CT molecular complexity index is 817. The highest BCUT2D eigenvalue weighted by Gasteiger charge is 2.18. The van der Waals surface area contributed by atoms with Crippen LogP contribution in [0, 0.1) is 0 Å². The van der Waals surface area contributed by atoms with Gasteiger partial charge in [-0.1, -0.05) is 48.2 Å². The highest BCUT2D eigenvalue weighted by atomic mass is 32.2. The zero-order chi connectivity index (χ0) is 18.4. The Morgan fingerprint density at radius 1 is 1.23 bits per heavy atom. The van der Waals surface area contributed by atoms with Crippen molar-refractivity contribution in [3.8, 4) is 0 Å². The zero-order valence-corrected chi connectivity index (χ0v) is 16.3. The number of hydrogen-bond donors (Lipinski definition) is 1. The van der Waals surface area contributed by atoms with Crippen molar-refractivity contribution in [1.82, 2.24) is 25.5 Å². The van der Waals surface area contributed by atoms with Crippen molar-refractivity contribution in [1.29, 1.82) is 0 Å². The number of thioether (sulfide) groups is 1. The Morgan fingerprint density at radius 2 is 2.04 bits per heavy atom. The second-order valence-corrected chi connectivity index (χ2v) is 8.07. The van der Waals surface area contributed by atoms with Crippen LogP contribution in [0.5, 0.6) is 0 Å². The van der Waals surface area contributed by atoms with Gasteiger partial charge in [0.1, 0.15) is 0 Å². The van der Waals surface area contributed by atoms with E-state index in [4.69, 9.17) is 0 Å². The first kappa shape index (κ1) is 18.6. The zero-order valence-electron chi connectivity index (χ0n) is 14.7. The Labute approximate surface area is 161 Å². The molecule has 26 heavy (non-hydrogen) atoms. The summed E-state index contributed by atoms with van der Waals surface area (Å²) in [6.07, 6.45) is 0.407. The quantitative estimate of drug-likeness (QED) is 0.597. The first-order chi connectivity index (χ1) is 12.6. The number of nitrogens with zero attached hydrogens (tertiary/aromatic N) is 4. The maximum atomic E-state index is 12.5. The molecule has 1 N–H and O–H groups in total. The molecule has 1 aromatic carbocycles. The van der Waals surface area contributed by atoms with Gasteiger partial charge in [0, 0.05) is 17.1 Å². The van der Waals surface area contributed by atoms with Crippen LogP contribution in [0.2, 0.25) is 0 Å². The van der Waals surface area contributed by atoms with Crippen molar-refractivity contribution < 1.29 is 4.79 Å². The van der Waals surface area contributed by atoms with Gasteiger partial charge in [0.15, 0.2) is 0 Å². The summed E-state index contributed by atoms with van der Waals surface area (Å²) in [6.45, 7) is 4.05. The molecule has 0 bridgehead atoms. The van der Waals surface area contributed by atoms with Crippen molar-refractivity contribution in [2.45, 2.75) is 37.5 Å². The highest BCUT2D eigenvalue weighted by Crippen LogP contribution is 2.26. The summed E-state index contributed by atoms with van der Waals surface area (Å²) in [7, 11) is 0. The third kappa shape index (κ3) is 4.70. The van der Waals surface area contributed by atoms with Crippen molar-refractivity contribution in [3.05, 3.63) is 58.3 Å². The van der Waals surface area contributed by atoms with Crippen molar-refractivity contribution in [2.24, 2.45) is 0 Å². The predicted molar refractivity (Wildman–Crippen MR) is 104 cm³/mol. The Balaban J connectivity index is 1.59. The molecule has 0 spiro atoms. The molecule has 0 unspecified atom stereocenters. The van der Waals surface area contributed by atoms with Crippen LogP contribution >= 0.6 is 23.1 Å². The minimum atomic E-state index is -0.116. The number of hydrogen-bond acceptors (Lipinski definition) is 6. The molecule has 0 saturated heterocycles. The lowest BCUT2D eigenvalue weighted by Crippen LogP contribution is -2.29. The number of carbonyl (C=O) groups is 1. The number of amides is 1. The van der Waals surface area contributed by atoms with Crippen LogP contribution in [0.4, 0.5) is 0 Å². The normalized spacial score (nSPS) is 12.3. The van der Waals surface area contributed by atoms with Crippen LogP contribution in [-0.2, 0) is 4.79 Å². The number of carbonyl (C=O) groups excluding carboxylic acids is 1. The molecule has 6 nitrogen and oxygen atoms in total. The van der Waals surface area contributed by atoms with Crippen LogP contribution in [0.1, 0.15) is 42.8 Å². The van der Waals surface area contributed by atoms with Crippen molar-refractivity contribution in [3.63, 3.8) is 0 Å². The minimum Gasteiger partial charge on any atom is -0.344 e. The molecule has 136 valence electrons. The second kappa shape index (κ2) is 8.95. The molecule has 2 aromatic heterocycles. The third-order valence-corrected chi connectivity index (χ3v) is 5.65. The van der Waals surface area contributed by atoms with Gasteiger partial charge in [-0.05, 0) is 41.3 Å². The smallest absolute Gasteiger partial charge is 0.221 e. The number of nitrogens with one attached hydrogen (secondary N) is 1. The van der Waals surface area contributed by atoms with Gasteiger partial charge < -0.3 is 5.32 Å².